The normalized spacial score (nSPS) is 12.6. The molecule has 0 saturated carbocycles. The van der Waals surface area contributed by atoms with Crippen molar-refractivity contribution in [2.24, 2.45) is 11.3 Å². The number of aromatic hydroxyl groups is 1. The number of carbonyl (C=O) groups is 2. The summed E-state index contributed by atoms with van der Waals surface area (Å²) in [5, 5.41) is 23.7. The van der Waals surface area contributed by atoms with Gasteiger partial charge in [-0.15, -0.1) is 0 Å². The molecule has 0 bridgehead atoms. The van der Waals surface area contributed by atoms with E-state index in [1.807, 2.05) is 6.92 Å². The summed E-state index contributed by atoms with van der Waals surface area (Å²) in [5.41, 5.74) is 0.208. The van der Waals surface area contributed by atoms with Crippen LogP contribution in [0, 0.1) is 11.3 Å². The highest BCUT2D eigenvalue weighted by atomic mass is 16.4. The first-order chi connectivity index (χ1) is 9.61. The van der Waals surface area contributed by atoms with Gasteiger partial charge in [-0.05, 0) is 29.5 Å². The molecule has 0 aliphatic rings. The van der Waals surface area contributed by atoms with Crippen LogP contribution < -0.4 is 10.6 Å². The molecule has 1 aromatic carbocycles. The topological polar surface area (TPSA) is 98.7 Å². The van der Waals surface area contributed by atoms with Crippen LogP contribution in [0.5, 0.6) is 5.75 Å². The van der Waals surface area contributed by atoms with Crippen molar-refractivity contribution in [3.05, 3.63) is 23.8 Å². The van der Waals surface area contributed by atoms with Gasteiger partial charge < -0.3 is 20.8 Å². The molecule has 0 aliphatic carbocycles. The predicted molar refractivity (Wildman–Crippen MR) is 80.7 cm³/mol. The number of hydrogen-bond donors (Lipinski definition) is 4. The lowest BCUT2D eigenvalue weighted by molar-refractivity contribution is 0.0696. The molecule has 4 N–H and O–H groups in total. The van der Waals surface area contributed by atoms with Gasteiger partial charge in [-0.3, -0.25) is 0 Å². The summed E-state index contributed by atoms with van der Waals surface area (Å²) in [5.74, 6) is -1.14. The lowest BCUT2D eigenvalue weighted by Gasteiger charge is -2.27. The van der Waals surface area contributed by atoms with Crippen molar-refractivity contribution in [1.82, 2.24) is 5.32 Å². The Morgan fingerprint density at radius 3 is 2.38 bits per heavy atom. The van der Waals surface area contributed by atoms with E-state index in [4.69, 9.17) is 5.11 Å². The number of carbonyl (C=O) groups excluding carboxylic acids is 1. The Morgan fingerprint density at radius 1 is 1.29 bits per heavy atom. The first kappa shape index (κ1) is 16.8. The fourth-order valence-corrected chi connectivity index (χ4v) is 1.49. The van der Waals surface area contributed by atoms with Crippen LogP contribution in [0.25, 0.3) is 0 Å². The van der Waals surface area contributed by atoms with Crippen LogP contribution in [0.2, 0.25) is 0 Å². The number of amides is 2. The minimum Gasteiger partial charge on any atom is -0.506 e. The summed E-state index contributed by atoms with van der Waals surface area (Å²) in [6.45, 7) is 8.82. The third-order valence-corrected chi connectivity index (χ3v) is 3.54. The zero-order valence-corrected chi connectivity index (χ0v) is 12.7. The van der Waals surface area contributed by atoms with Crippen LogP contribution in [0.3, 0.4) is 0 Å². The smallest absolute Gasteiger partial charge is 0.335 e. The molecule has 21 heavy (non-hydrogen) atoms. The Labute approximate surface area is 124 Å². The predicted octanol–water partition coefficient (Wildman–Crippen LogP) is 2.89. The molecule has 0 saturated heterocycles. The quantitative estimate of drug-likeness (QED) is 0.642. The van der Waals surface area contributed by atoms with E-state index in [0.717, 1.165) is 6.07 Å². The first-order valence-electron chi connectivity index (χ1n) is 6.72. The molecular weight excluding hydrogens is 272 g/mol. The van der Waals surface area contributed by atoms with Crippen LogP contribution >= 0.6 is 0 Å². The van der Waals surface area contributed by atoms with Crippen molar-refractivity contribution < 1.29 is 19.8 Å². The summed E-state index contributed by atoms with van der Waals surface area (Å²) in [4.78, 5) is 22.5. The molecule has 1 atom stereocenters. The Balaban J connectivity index is 2.62. The largest absolute Gasteiger partial charge is 0.506 e. The molecule has 0 fully saturated rings. The standard InChI is InChI=1S/C15H22N2O4/c1-9(15(2,3)4)8-16-14(21)17-11-6-5-10(13(19)20)7-12(11)18/h5-7,9,18H,8H2,1-4H3,(H,19,20)(H2,16,17,21). The van der Waals surface area contributed by atoms with Crippen molar-refractivity contribution >= 4 is 17.7 Å². The van der Waals surface area contributed by atoms with E-state index in [1.165, 1.54) is 12.1 Å². The minimum absolute atomic E-state index is 0.0418. The zero-order valence-electron chi connectivity index (χ0n) is 12.7. The van der Waals surface area contributed by atoms with Gasteiger partial charge in [-0.2, -0.15) is 0 Å². The molecule has 1 rings (SSSR count). The minimum atomic E-state index is -1.14. The number of carboxylic acid groups (broad SMARTS) is 1. The summed E-state index contributed by atoms with van der Waals surface area (Å²) < 4.78 is 0. The van der Waals surface area contributed by atoms with Crippen LogP contribution in [-0.4, -0.2) is 28.8 Å². The van der Waals surface area contributed by atoms with Crippen LogP contribution in [0.1, 0.15) is 38.1 Å². The average molecular weight is 294 g/mol. The van der Waals surface area contributed by atoms with Gasteiger partial charge in [0.05, 0.1) is 11.3 Å². The number of hydrogen-bond acceptors (Lipinski definition) is 3. The fraction of sp³-hybridized carbons (Fsp3) is 0.467. The molecule has 0 heterocycles. The van der Waals surface area contributed by atoms with E-state index < -0.39 is 12.0 Å². The average Bonchev–Trinajstić information content (AvgIpc) is 2.36. The summed E-state index contributed by atoms with van der Waals surface area (Å²) in [7, 11) is 0. The third kappa shape index (κ3) is 4.98. The maximum atomic E-state index is 11.8. The zero-order chi connectivity index (χ0) is 16.2. The highest BCUT2D eigenvalue weighted by Crippen LogP contribution is 2.25. The second-order valence-corrected chi connectivity index (χ2v) is 6.14. The van der Waals surface area contributed by atoms with E-state index in [2.05, 4.69) is 31.4 Å². The first-order valence-corrected chi connectivity index (χ1v) is 6.72. The third-order valence-electron chi connectivity index (χ3n) is 3.54. The molecule has 0 aromatic heterocycles. The van der Waals surface area contributed by atoms with Crippen molar-refractivity contribution in [1.29, 1.82) is 0 Å². The molecule has 6 heteroatoms. The molecule has 0 radical (unpaired) electrons. The van der Waals surface area contributed by atoms with Crippen molar-refractivity contribution in [2.45, 2.75) is 27.7 Å². The van der Waals surface area contributed by atoms with E-state index in [0.29, 0.717) is 6.54 Å². The van der Waals surface area contributed by atoms with Crippen molar-refractivity contribution in [3.8, 4) is 5.75 Å². The number of benzene rings is 1. The van der Waals surface area contributed by atoms with Crippen LogP contribution in [0.4, 0.5) is 10.5 Å². The molecule has 0 spiro atoms. The van der Waals surface area contributed by atoms with Crippen molar-refractivity contribution in [3.63, 3.8) is 0 Å². The monoisotopic (exact) mass is 294 g/mol. The molecule has 116 valence electrons. The number of urea groups is 1. The molecular formula is C15H22N2O4. The van der Waals surface area contributed by atoms with Crippen LogP contribution in [-0.2, 0) is 0 Å². The lowest BCUT2D eigenvalue weighted by atomic mass is 9.82. The fourth-order valence-electron chi connectivity index (χ4n) is 1.49. The van der Waals surface area contributed by atoms with Gasteiger partial charge >= 0.3 is 12.0 Å². The summed E-state index contributed by atoms with van der Waals surface area (Å²) in [6, 6.07) is 3.32. The molecule has 2 amide bonds. The molecule has 1 unspecified atom stereocenters. The number of aromatic carboxylic acids is 1. The van der Waals surface area contributed by atoms with E-state index >= 15 is 0 Å². The number of phenols is 1. The number of carboxylic acids is 1. The SMILES string of the molecule is CC(CNC(=O)Nc1ccc(C(=O)O)cc1O)C(C)(C)C. The maximum absolute atomic E-state index is 11.8. The number of nitrogens with one attached hydrogen (secondary N) is 2. The van der Waals surface area contributed by atoms with Gasteiger partial charge in [0.25, 0.3) is 0 Å². The van der Waals surface area contributed by atoms with Gasteiger partial charge in [-0.25, -0.2) is 9.59 Å². The lowest BCUT2D eigenvalue weighted by Crippen LogP contribution is -2.36. The van der Waals surface area contributed by atoms with E-state index in [1.54, 1.807) is 0 Å². The summed E-state index contributed by atoms with van der Waals surface area (Å²) >= 11 is 0. The van der Waals surface area contributed by atoms with E-state index in [9.17, 15) is 14.7 Å². The Bertz CT molecular complexity index is 535. The molecule has 0 aliphatic heterocycles. The number of rotatable bonds is 4. The second-order valence-electron chi connectivity index (χ2n) is 6.14. The molecule has 1 aromatic rings. The van der Waals surface area contributed by atoms with Crippen LogP contribution in [0.15, 0.2) is 18.2 Å². The maximum Gasteiger partial charge on any atom is 0.335 e. The molecule has 6 nitrogen and oxygen atoms in total. The van der Waals surface area contributed by atoms with Gasteiger partial charge in [0.15, 0.2) is 0 Å². The van der Waals surface area contributed by atoms with Gasteiger partial charge in [0.1, 0.15) is 5.75 Å². The van der Waals surface area contributed by atoms with Crippen molar-refractivity contribution in [2.75, 3.05) is 11.9 Å². The van der Waals surface area contributed by atoms with Gasteiger partial charge in [-0.1, -0.05) is 27.7 Å². The summed E-state index contributed by atoms with van der Waals surface area (Å²) in [6.07, 6.45) is 0. The highest BCUT2D eigenvalue weighted by Gasteiger charge is 2.20. The second kappa shape index (κ2) is 6.47. The van der Waals surface area contributed by atoms with Gasteiger partial charge in [0.2, 0.25) is 0 Å². The Kier molecular flexibility index (Phi) is 5.18. The Morgan fingerprint density at radius 2 is 1.90 bits per heavy atom. The number of anilines is 1. The van der Waals surface area contributed by atoms with Gasteiger partial charge in [0, 0.05) is 6.54 Å². The Hall–Kier alpha value is -2.24. The van der Waals surface area contributed by atoms with E-state index in [-0.39, 0.29) is 28.3 Å². The number of phenolic OH excluding ortho intramolecular Hbond substituents is 1. The highest BCUT2D eigenvalue weighted by molar-refractivity contribution is 5.93.